The fourth-order valence-electron chi connectivity index (χ4n) is 4.69. The van der Waals surface area contributed by atoms with E-state index in [1.165, 1.54) is 0 Å². The van der Waals surface area contributed by atoms with E-state index in [4.69, 9.17) is 5.11 Å². The van der Waals surface area contributed by atoms with Crippen LogP contribution in [0.3, 0.4) is 0 Å². The predicted molar refractivity (Wildman–Crippen MR) is 170 cm³/mol. The Labute approximate surface area is 368 Å². The Kier molecular flexibility index (Phi) is 16.4. The van der Waals surface area contributed by atoms with Gasteiger partial charge in [0.1, 0.15) is 5.56 Å². The van der Waals surface area contributed by atoms with Gasteiger partial charge in [0.2, 0.25) is 157 Å². The Hall–Kier alpha value is -8.03. The molecule has 0 amide bonds. The molecule has 0 fully saturated rings. The standard InChI is InChI=1S/C25HF17O4.C7HF5O.C6HF5O/c26-3-6(29)12(35)22(13(36)7(3)30)44-20-2(1-43)21(45-23-14(37)8(31)4(27)9(32)15(23)38)19(42)25(18(20)41)46-24-16(39)10(33)5(28)11(34)17(24)40;8-3-2(1-13)4(9)6(11)7(12)5(3)10;7-1-2(8)4(10)6(12)5(11)3(1)9/h1H;1H;12H. The zero-order valence-electron chi connectivity index (χ0n) is 31.8. The van der Waals surface area contributed by atoms with E-state index in [0.29, 0.717) is 0 Å². The Morgan fingerprint density at radius 1 is 0.211 bits per heavy atom. The molecule has 71 heavy (non-hydrogen) atoms. The first kappa shape index (κ1) is 55.6. The molecule has 0 radical (unpaired) electrons. The van der Waals surface area contributed by atoms with Gasteiger partial charge >= 0.3 is 0 Å². The van der Waals surface area contributed by atoms with Crippen molar-refractivity contribution in [3.63, 3.8) is 0 Å². The molecule has 0 saturated heterocycles. The normalized spacial score (nSPS) is 10.9. The van der Waals surface area contributed by atoms with Gasteiger partial charge in [0.15, 0.2) is 53.1 Å². The molecule has 1 N–H and O–H groups in total. The van der Waals surface area contributed by atoms with E-state index >= 15 is 8.78 Å². The smallest absolute Gasteiger partial charge is 0.212 e. The summed E-state index contributed by atoms with van der Waals surface area (Å²) in [6.45, 7) is 0. The lowest BCUT2D eigenvalue weighted by Crippen LogP contribution is -2.11. The van der Waals surface area contributed by atoms with Crippen LogP contribution in [0.2, 0.25) is 0 Å². The van der Waals surface area contributed by atoms with Crippen LogP contribution in [0.4, 0.5) is 119 Å². The van der Waals surface area contributed by atoms with Crippen LogP contribution < -0.4 is 14.2 Å². The zero-order valence-corrected chi connectivity index (χ0v) is 31.8. The van der Waals surface area contributed by atoms with E-state index in [2.05, 4.69) is 14.2 Å². The van der Waals surface area contributed by atoms with E-state index in [1.54, 1.807) is 0 Å². The highest BCUT2D eigenvalue weighted by Crippen LogP contribution is 2.48. The van der Waals surface area contributed by atoms with Gasteiger partial charge in [0, 0.05) is 0 Å². The van der Waals surface area contributed by atoms with Crippen molar-refractivity contribution in [2.75, 3.05) is 0 Å². The molecule has 0 aliphatic carbocycles. The first-order valence-corrected chi connectivity index (χ1v) is 16.6. The fourth-order valence-corrected chi connectivity index (χ4v) is 4.69. The number of aromatic hydroxyl groups is 1. The molecule has 6 nitrogen and oxygen atoms in total. The lowest BCUT2D eigenvalue weighted by atomic mass is 10.1. The molecule has 0 bridgehead atoms. The summed E-state index contributed by atoms with van der Waals surface area (Å²) in [5.41, 5.74) is -3.58. The molecular formula is C38H3F27O6. The third kappa shape index (κ3) is 9.65. The lowest BCUT2D eigenvalue weighted by Gasteiger charge is -2.19. The van der Waals surface area contributed by atoms with Crippen molar-refractivity contribution in [2.45, 2.75) is 0 Å². The van der Waals surface area contributed by atoms with Gasteiger partial charge in [-0.25, -0.2) is 74.6 Å². The first-order valence-electron chi connectivity index (χ1n) is 16.6. The van der Waals surface area contributed by atoms with Gasteiger partial charge in [0.25, 0.3) is 0 Å². The minimum absolute atomic E-state index is 0.434. The molecule has 0 saturated carbocycles. The second kappa shape index (κ2) is 20.9. The molecule has 0 aromatic heterocycles. The highest BCUT2D eigenvalue weighted by Gasteiger charge is 2.38. The Balaban J connectivity index is 0.000000353. The topological polar surface area (TPSA) is 82.1 Å². The minimum atomic E-state index is -2.92. The molecule has 6 rings (SSSR count). The van der Waals surface area contributed by atoms with Crippen molar-refractivity contribution in [2.24, 2.45) is 0 Å². The highest BCUT2D eigenvalue weighted by atomic mass is 19.2. The van der Waals surface area contributed by atoms with E-state index in [0.717, 1.165) is 0 Å². The average molecular weight is 1070 g/mol. The molecule has 6 aromatic rings. The second-order valence-corrected chi connectivity index (χ2v) is 12.2. The predicted octanol–water partition coefficient (Wildman–Crippen LogP) is 13.5. The van der Waals surface area contributed by atoms with E-state index in [1.807, 2.05) is 0 Å². The number of hydrogen-bond acceptors (Lipinski definition) is 6. The zero-order chi connectivity index (χ0) is 54.3. The Bertz CT molecular complexity index is 2900. The van der Waals surface area contributed by atoms with Crippen molar-refractivity contribution in [1.82, 2.24) is 0 Å². The van der Waals surface area contributed by atoms with E-state index < -0.39 is 221 Å². The van der Waals surface area contributed by atoms with Crippen molar-refractivity contribution in [3.05, 3.63) is 168 Å². The quantitative estimate of drug-likeness (QED) is 0.0708. The SMILES string of the molecule is O=Cc1c(F)c(F)c(F)c(F)c1F.O=Cc1c(Oc2c(F)c(F)c(F)c(F)c2F)c(F)c(Oc2c(F)c(F)c(F)c(F)c2F)c(F)c1Oc1c(F)c(F)c(F)c(F)c1F.Oc1c(F)c(F)c(F)c(F)c1F. The van der Waals surface area contributed by atoms with Gasteiger partial charge in [-0.1, -0.05) is 0 Å². The van der Waals surface area contributed by atoms with Crippen LogP contribution in [0.5, 0.6) is 40.2 Å². The van der Waals surface area contributed by atoms with Crippen molar-refractivity contribution < 1.29 is 147 Å². The number of phenolic OH excluding ortho intramolecular Hbond substituents is 1. The van der Waals surface area contributed by atoms with Gasteiger partial charge in [-0.05, 0) is 0 Å². The summed E-state index contributed by atoms with van der Waals surface area (Å²) >= 11 is 0. The van der Waals surface area contributed by atoms with Crippen LogP contribution >= 0.6 is 0 Å². The summed E-state index contributed by atoms with van der Waals surface area (Å²) in [7, 11) is 0. The van der Waals surface area contributed by atoms with Crippen LogP contribution in [0.25, 0.3) is 0 Å². The number of carbonyl (C=O) groups excluding carboxylic acids is 2. The van der Waals surface area contributed by atoms with Gasteiger partial charge in [-0.3, -0.25) is 9.59 Å². The average Bonchev–Trinajstić information content (AvgIpc) is 3.35. The van der Waals surface area contributed by atoms with Gasteiger partial charge in [0.05, 0.1) is 5.56 Å². The van der Waals surface area contributed by atoms with Crippen LogP contribution in [0.1, 0.15) is 20.7 Å². The second-order valence-electron chi connectivity index (χ2n) is 12.2. The summed E-state index contributed by atoms with van der Waals surface area (Å²) in [6.07, 6.45) is -1.38. The molecule has 6 aromatic carbocycles. The van der Waals surface area contributed by atoms with E-state index in [-0.39, 0.29) is 0 Å². The van der Waals surface area contributed by atoms with Crippen molar-refractivity contribution in [3.8, 4) is 40.2 Å². The first-order chi connectivity index (χ1) is 32.8. The fraction of sp³-hybridized carbons (Fsp3) is 0. The number of benzene rings is 6. The number of phenols is 1. The lowest BCUT2D eigenvalue weighted by molar-refractivity contribution is 0.110. The monoisotopic (exact) mass is 1070 g/mol. The van der Waals surface area contributed by atoms with Crippen LogP contribution in [-0.4, -0.2) is 17.7 Å². The highest BCUT2D eigenvalue weighted by molar-refractivity contribution is 5.85. The number of carbonyl (C=O) groups is 2. The third-order valence-corrected chi connectivity index (χ3v) is 8.07. The van der Waals surface area contributed by atoms with Gasteiger partial charge in [-0.2, -0.15) is 43.9 Å². The maximum Gasteiger partial charge on any atom is 0.212 e. The van der Waals surface area contributed by atoms with Gasteiger partial charge < -0.3 is 19.3 Å². The summed E-state index contributed by atoms with van der Waals surface area (Å²) in [5, 5.41) is 8.30. The Morgan fingerprint density at radius 3 is 0.606 bits per heavy atom. The molecule has 0 heterocycles. The maximum atomic E-state index is 15.5. The molecular weight excluding hydrogens is 1070 g/mol. The molecule has 33 heteroatoms. The van der Waals surface area contributed by atoms with Crippen LogP contribution in [0.15, 0.2) is 0 Å². The minimum Gasteiger partial charge on any atom is -0.503 e. The number of aldehydes is 2. The third-order valence-electron chi connectivity index (χ3n) is 8.07. The maximum absolute atomic E-state index is 15.5. The largest absolute Gasteiger partial charge is 0.503 e. The number of hydrogen-bond donors (Lipinski definition) is 1. The van der Waals surface area contributed by atoms with Crippen molar-refractivity contribution in [1.29, 1.82) is 0 Å². The Morgan fingerprint density at radius 2 is 0.380 bits per heavy atom. The summed E-state index contributed by atoms with van der Waals surface area (Å²) < 4.78 is 374. The van der Waals surface area contributed by atoms with E-state index in [9.17, 15) is 119 Å². The van der Waals surface area contributed by atoms with Gasteiger partial charge in [-0.15, -0.1) is 0 Å². The molecule has 0 spiro atoms. The molecule has 380 valence electrons. The number of rotatable bonds is 8. The van der Waals surface area contributed by atoms with Crippen LogP contribution in [-0.2, 0) is 0 Å². The molecule has 0 atom stereocenters. The summed E-state index contributed by atoms with van der Waals surface area (Å²) in [6, 6.07) is 0. The molecule has 0 unspecified atom stereocenters. The number of ether oxygens (including phenoxy) is 3. The number of halogens is 27. The summed E-state index contributed by atoms with van der Waals surface area (Å²) in [4.78, 5) is 21.7. The summed E-state index contributed by atoms with van der Waals surface area (Å²) in [5.74, 6) is -88.0. The van der Waals surface area contributed by atoms with Crippen molar-refractivity contribution >= 4 is 12.6 Å². The van der Waals surface area contributed by atoms with Crippen LogP contribution in [0, 0.1) is 157 Å². The molecule has 0 aliphatic heterocycles. The molecule has 0 aliphatic rings.